The lowest BCUT2D eigenvalue weighted by Crippen LogP contribution is -2.26. The van der Waals surface area contributed by atoms with E-state index in [1.165, 1.54) is 0 Å². The molecule has 14 heavy (non-hydrogen) atoms. The van der Waals surface area contributed by atoms with E-state index in [4.69, 9.17) is 5.11 Å². The summed E-state index contributed by atoms with van der Waals surface area (Å²) in [6, 6.07) is 7.16. The van der Waals surface area contributed by atoms with E-state index in [0.29, 0.717) is 12.0 Å². The van der Waals surface area contributed by atoms with Gasteiger partial charge in [0.2, 0.25) is 5.12 Å². The van der Waals surface area contributed by atoms with E-state index >= 15 is 0 Å². The molecule has 1 unspecified atom stereocenters. The van der Waals surface area contributed by atoms with Crippen molar-refractivity contribution in [2.75, 3.05) is 0 Å². The van der Waals surface area contributed by atoms with Gasteiger partial charge in [-0.1, -0.05) is 36.0 Å². The molecule has 1 aromatic carbocycles. The van der Waals surface area contributed by atoms with Crippen molar-refractivity contribution in [3.05, 3.63) is 35.4 Å². The van der Waals surface area contributed by atoms with Crippen LogP contribution in [-0.4, -0.2) is 21.4 Å². The van der Waals surface area contributed by atoms with Crippen LogP contribution in [-0.2, 0) is 11.2 Å². The van der Waals surface area contributed by atoms with Gasteiger partial charge >= 0.3 is 5.97 Å². The molecule has 1 N–H and O–H groups in total. The minimum atomic E-state index is -0.919. The molecule has 3 nitrogen and oxygen atoms in total. The van der Waals surface area contributed by atoms with Crippen molar-refractivity contribution in [1.29, 1.82) is 0 Å². The number of fused-ring (bicyclic) bond motifs is 1. The van der Waals surface area contributed by atoms with Gasteiger partial charge in [0, 0.05) is 5.56 Å². The topological polar surface area (TPSA) is 54.4 Å². The maximum atomic E-state index is 11.5. The maximum Gasteiger partial charge on any atom is 0.317 e. The minimum absolute atomic E-state index is 0.140. The van der Waals surface area contributed by atoms with Gasteiger partial charge in [0.15, 0.2) is 0 Å². The molecule has 4 heteroatoms. The Hall–Kier alpha value is -1.29. The van der Waals surface area contributed by atoms with E-state index in [1.54, 1.807) is 12.1 Å². The maximum absolute atomic E-state index is 11.5. The summed E-state index contributed by atoms with van der Waals surface area (Å²) in [7, 11) is 0. The zero-order valence-electron chi connectivity index (χ0n) is 7.27. The third-order valence-corrected chi connectivity index (χ3v) is 3.25. The second-order valence-corrected chi connectivity index (χ2v) is 4.27. The first-order valence-electron chi connectivity index (χ1n) is 4.20. The molecule has 0 saturated carbocycles. The number of rotatable bonds is 1. The lowest BCUT2D eigenvalue weighted by atomic mass is 10.0. The van der Waals surface area contributed by atoms with Gasteiger partial charge in [0.1, 0.15) is 5.25 Å². The molecule has 1 aliphatic rings. The number of aliphatic carboxylic acids is 1. The quantitative estimate of drug-likeness (QED) is 0.761. The molecule has 1 atom stereocenters. The highest BCUT2D eigenvalue weighted by atomic mass is 32.2. The summed E-state index contributed by atoms with van der Waals surface area (Å²) in [5.74, 6) is -0.919. The van der Waals surface area contributed by atoms with Crippen molar-refractivity contribution in [2.45, 2.75) is 11.7 Å². The Labute approximate surface area is 85.1 Å². The average Bonchev–Trinajstić information content (AvgIpc) is 2.17. The van der Waals surface area contributed by atoms with Crippen molar-refractivity contribution in [3.63, 3.8) is 0 Å². The first-order chi connectivity index (χ1) is 6.68. The highest BCUT2D eigenvalue weighted by Crippen LogP contribution is 2.29. The lowest BCUT2D eigenvalue weighted by molar-refractivity contribution is -0.136. The number of benzene rings is 1. The van der Waals surface area contributed by atoms with Crippen molar-refractivity contribution < 1.29 is 14.7 Å². The second-order valence-electron chi connectivity index (χ2n) is 3.09. The summed E-state index contributed by atoms with van der Waals surface area (Å²) in [6.07, 6.45) is 0.432. The fourth-order valence-electron chi connectivity index (χ4n) is 1.47. The molecule has 0 aromatic heterocycles. The Morgan fingerprint density at radius 1 is 1.43 bits per heavy atom. The fourth-order valence-corrected chi connectivity index (χ4v) is 2.42. The van der Waals surface area contributed by atoms with Crippen molar-refractivity contribution in [2.24, 2.45) is 0 Å². The normalized spacial score (nSPS) is 20.3. The molecule has 0 fully saturated rings. The van der Waals surface area contributed by atoms with E-state index in [-0.39, 0.29) is 5.12 Å². The first-order valence-corrected chi connectivity index (χ1v) is 5.08. The zero-order chi connectivity index (χ0) is 10.1. The van der Waals surface area contributed by atoms with Gasteiger partial charge in [-0.2, -0.15) is 0 Å². The Kier molecular flexibility index (Phi) is 2.29. The van der Waals surface area contributed by atoms with Crippen LogP contribution in [0.25, 0.3) is 0 Å². The molecule has 0 bridgehead atoms. The molecular weight excluding hydrogens is 200 g/mol. The number of carbonyl (C=O) groups is 2. The molecule has 0 radical (unpaired) electrons. The number of thioether (sulfide) groups is 1. The number of carboxylic acids is 1. The lowest BCUT2D eigenvalue weighted by Gasteiger charge is -2.19. The summed E-state index contributed by atoms with van der Waals surface area (Å²) in [6.45, 7) is 0. The molecule has 0 spiro atoms. The first kappa shape index (κ1) is 9.27. The Balaban J connectivity index is 2.38. The van der Waals surface area contributed by atoms with Gasteiger partial charge in [-0.3, -0.25) is 9.59 Å². The van der Waals surface area contributed by atoms with Crippen LogP contribution in [0.2, 0.25) is 0 Å². The second kappa shape index (κ2) is 3.46. The molecule has 0 amide bonds. The zero-order valence-corrected chi connectivity index (χ0v) is 8.08. The van der Waals surface area contributed by atoms with Gasteiger partial charge in [-0.15, -0.1) is 0 Å². The predicted molar refractivity (Wildman–Crippen MR) is 53.5 cm³/mol. The largest absolute Gasteiger partial charge is 0.480 e. The summed E-state index contributed by atoms with van der Waals surface area (Å²) in [5.41, 5.74) is 1.48. The molecule has 2 rings (SSSR count). The van der Waals surface area contributed by atoms with E-state index in [0.717, 1.165) is 17.3 Å². The van der Waals surface area contributed by atoms with Gasteiger partial charge in [0.05, 0.1) is 0 Å². The van der Waals surface area contributed by atoms with E-state index in [9.17, 15) is 9.59 Å². The molecule has 0 saturated heterocycles. The SMILES string of the molecule is O=C1SC(C(=O)O)Cc2ccccc21. The molecule has 1 aromatic rings. The fraction of sp³-hybridized carbons (Fsp3) is 0.200. The van der Waals surface area contributed by atoms with Crippen LogP contribution in [0, 0.1) is 0 Å². The summed E-state index contributed by atoms with van der Waals surface area (Å²) in [4.78, 5) is 22.2. The van der Waals surface area contributed by atoms with Gasteiger partial charge in [-0.25, -0.2) is 0 Å². The van der Waals surface area contributed by atoms with Crippen molar-refractivity contribution in [3.8, 4) is 0 Å². The highest BCUT2D eigenvalue weighted by Gasteiger charge is 2.29. The standard InChI is InChI=1S/C10H8O3S/c11-9(12)8-5-6-3-1-2-4-7(6)10(13)14-8/h1-4,8H,5H2,(H,11,12). The molecule has 72 valence electrons. The third kappa shape index (κ3) is 1.53. The van der Waals surface area contributed by atoms with Crippen molar-refractivity contribution >= 4 is 22.8 Å². The summed E-state index contributed by atoms with van der Waals surface area (Å²) < 4.78 is 0. The highest BCUT2D eigenvalue weighted by molar-refractivity contribution is 8.15. The van der Waals surface area contributed by atoms with E-state index in [2.05, 4.69) is 0 Å². The molecule has 0 aliphatic carbocycles. The number of hydrogen-bond acceptors (Lipinski definition) is 3. The third-order valence-electron chi connectivity index (χ3n) is 2.17. The molecule has 1 heterocycles. The van der Waals surface area contributed by atoms with Gasteiger partial charge in [0.25, 0.3) is 0 Å². The van der Waals surface area contributed by atoms with Crippen molar-refractivity contribution in [1.82, 2.24) is 0 Å². The summed E-state index contributed by atoms with van der Waals surface area (Å²) >= 11 is 0.899. The number of carboxylic acid groups (broad SMARTS) is 1. The van der Waals surface area contributed by atoms with Gasteiger partial charge in [-0.05, 0) is 12.0 Å². The van der Waals surface area contributed by atoms with Crippen LogP contribution < -0.4 is 0 Å². The predicted octanol–water partition coefficient (Wildman–Crippen LogP) is 1.57. The average molecular weight is 208 g/mol. The van der Waals surface area contributed by atoms with E-state index in [1.807, 2.05) is 12.1 Å². The smallest absolute Gasteiger partial charge is 0.317 e. The molecule has 1 aliphatic heterocycles. The van der Waals surface area contributed by atoms with Crippen LogP contribution in [0.15, 0.2) is 24.3 Å². The van der Waals surface area contributed by atoms with Crippen LogP contribution in [0.1, 0.15) is 15.9 Å². The van der Waals surface area contributed by atoms with Crippen LogP contribution in [0.3, 0.4) is 0 Å². The Bertz CT molecular complexity index is 400. The monoisotopic (exact) mass is 208 g/mol. The number of hydrogen-bond donors (Lipinski definition) is 1. The van der Waals surface area contributed by atoms with Gasteiger partial charge < -0.3 is 5.11 Å². The van der Waals surface area contributed by atoms with Crippen LogP contribution in [0.5, 0.6) is 0 Å². The molecular formula is C10H8O3S. The van der Waals surface area contributed by atoms with Crippen LogP contribution in [0.4, 0.5) is 0 Å². The number of carbonyl (C=O) groups excluding carboxylic acids is 1. The minimum Gasteiger partial charge on any atom is -0.480 e. The van der Waals surface area contributed by atoms with E-state index < -0.39 is 11.2 Å². The van der Waals surface area contributed by atoms with Crippen LogP contribution >= 0.6 is 11.8 Å². The Morgan fingerprint density at radius 2 is 2.14 bits per heavy atom. The summed E-state index contributed by atoms with van der Waals surface area (Å²) in [5, 5.41) is 8.04. The Morgan fingerprint density at radius 3 is 2.86 bits per heavy atom.